The van der Waals surface area contributed by atoms with Crippen LogP contribution in [-0.4, -0.2) is 66.5 Å². The van der Waals surface area contributed by atoms with Crippen LogP contribution in [0.2, 0.25) is 0 Å². The van der Waals surface area contributed by atoms with E-state index in [4.69, 9.17) is 23.3 Å². The highest BCUT2D eigenvalue weighted by Crippen LogP contribution is 2.43. The Balaban J connectivity index is 4.86. The number of rotatable bonds is 48. The summed E-state index contributed by atoms with van der Waals surface area (Å²) in [4.78, 5) is 48.3. The van der Waals surface area contributed by atoms with Gasteiger partial charge in [0.15, 0.2) is 6.10 Å². The molecule has 0 aromatic carbocycles. The monoisotopic (exact) mass is 999 g/mol. The first-order valence-corrected chi connectivity index (χ1v) is 28.3. The summed E-state index contributed by atoms with van der Waals surface area (Å²) in [5, 5.41) is 9.77. The molecule has 70 heavy (non-hydrogen) atoms. The third-order valence-electron chi connectivity index (χ3n) is 10.7. The minimum atomic E-state index is -4.77. The summed E-state index contributed by atoms with van der Waals surface area (Å²) >= 11 is 0. The van der Waals surface area contributed by atoms with Crippen LogP contribution in [0.25, 0.3) is 0 Å². The fourth-order valence-electron chi connectivity index (χ4n) is 6.61. The molecule has 0 saturated heterocycles. The minimum absolute atomic E-state index is 0.116. The second-order valence-electron chi connectivity index (χ2n) is 17.3. The Morgan fingerprint density at radius 3 is 1.17 bits per heavy atom. The van der Waals surface area contributed by atoms with Crippen LogP contribution in [0.1, 0.15) is 201 Å². The number of allylic oxidation sites excluding steroid dienone is 18. The van der Waals surface area contributed by atoms with Gasteiger partial charge in [-0.2, -0.15) is 0 Å². The largest absolute Gasteiger partial charge is 0.472 e. The second kappa shape index (κ2) is 51.5. The predicted octanol–water partition coefficient (Wildman–Crippen LogP) is 15.5. The second-order valence-corrected chi connectivity index (χ2v) is 18.7. The molecule has 398 valence electrons. The van der Waals surface area contributed by atoms with Gasteiger partial charge in [-0.05, 0) is 116 Å². The van der Waals surface area contributed by atoms with Gasteiger partial charge in [0, 0.05) is 19.3 Å². The van der Waals surface area contributed by atoms with E-state index in [1.54, 1.807) is 0 Å². The first-order valence-electron chi connectivity index (χ1n) is 26.8. The Morgan fingerprint density at radius 1 is 0.414 bits per heavy atom. The number of carbonyl (C=O) groups excluding carboxylic acids is 3. The van der Waals surface area contributed by atoms with Gasteiger partial charge >= 0.3 is 25.7 Å². The van der Waals surface area contributed by atoms with Crippen molar-refractivity contribution in [3.63, 3.8) is 0 Å². The first kappa shape index (κ1) is 66.1. The molecule has 0 amide bonds. The molecule has 0 bridgehead atoms. The van der Waals surface area contributed by atoms with Crippen molar-refractivity contribution in [2.24, 2.45) is 0 Å². The highest BCUT2D eigenvalue weighted by molar-refractivity contribution is 7.47. The van der Waals surface area contributed by atoms with Gasteiger partial charge in [0.25, 0.3) is 0 Å². The molecule has 0 rings (SSSR count). The van der Waals surface area contributed by atoms with Gasteiger partial charge in [0.05, 0.1) is 19.8 Å². The summed E-state index contributed by atoms with van der Waals surface area (Å²) < 4.78 is 39.3. The predicted molar refractivity (Wildman–Crippen MR) is 288 cm³/mol. The normalized spacial score (nSPS) is 14.3. The molecule has 0 spiro atoms. The number of aliphatic hydroxyl groups is 1. The number of hydrogen-bond acceptors (Lipinski definition) is 10. The van der Waals surface area contributed by atoms with Gasteiger partial charge in [-0.1, -0.05) is 175 Å². The molecule has 0 aliphatic carbocycles. The SMILES string of the molecule is CC/C=C\C/C=C\C/C=C\C/C=C\C/C=C\CCCCCC(=O)OC(COC(=O)CCCCC/C=C\C/C=C\C/C=C\CC)COP(=O)(O)OCC(CO)OC(=O)CCCCCCC/C=C\CCCC. The summed E-state index contributed by atoms with van der Waals surface area (Å²) in [6, 6.07) is 0. The Kier molecular flexibility index (Phi) is 48.7. The van der Waals surface area contributed by atoms with Crippen molar-refractivity contribution in [2.45, 2.75) is 213 Å². The van der Waals surface area contributed by atoms with Crippen LogP contribution in [0.15, 0.2) is 109 Å². The molecule has 0 saturated carbocycles. The molecule has 11 nitrogen and oxygen atoms in total. The van der Waals surface area contributed by atoms with Crippen molar-refractivity contribution < 1.29 is 52.2 Å². The van der Waals surface area contributed by atoms with E-state index in [1.807, 2.05) is 0 Å². The lowest BCUT2D eigenvalue weighted by Gasteiger charge is -2.21. The molecule has 0 heterocycles. The van der Waals surface area contributed by atoms with Gasteiger partial charge < -0.3 is 24.2 Å². The molecule has 0 aromatic heterocycles. The van der Waals surface area contributed by atoms with E-state index in [2.05, 4.69) is 130 Å². The van der Waals surface area contributed by atoms with Gasteiger partial charge in [0.2, 0.25) is 0 Å². The standard InChI is InChI=1S/C58H95O11P/c1-4-7-10-13-16-19-22-24-25-26-27-28-29-31-34-37-40-43-46-49-58(62)69-55(51-65-56(60)47-44-41-38-35-33-30-23-20-17-14-11-8-5-2)53-67-70(63,64)66-52-54(50-59)68-57(61)48-45-42-39-36-32-21-18-15-12-9-6-3/h7-8,10-11,15-20,24-25,27-28,30-31,33-34,54-55,59H,4-6,9,12-14,21-23,26,29,32,35-53H2,1-3H3,(H,63,64)/b10-7-,11-8-,18-15-,19-16-,20-17-,25-24-,28-27-,33-30-,34-31-. The molecular formula is C58H95O11P. The average Bonchev–Trinajstić information content (AvgIpc) is 3.35. The Morgan fingerprint density at radius 2 is 0.743 bits per heavy atom. The smallest absolute Gasteiger partial charge is 0.462 e. The maximum Gasteiger partial charge on any atom is 0.472 e. The molecule has 12 heteroatoms. The zero-order valence-corrected chi connectivity index (χ0v) is 44.6. The topological polar surface area (TPSA) is 155 Å². The van der Waals surface area contributed by atoms with E-state index in [0.717, 1.165) is 128 Å². The van der Waals surface area contributed by atoms with Crippen LogP contribution in [0.4, 0.5) is 0 Å². The third-order valence-corrected chi connectivity index (χ3v) is 11.6. The van der Waals surface area contributed by atoms with Gasteiger partial charge in [-0.15, -0.1) is 0 Å². The van der Waals surface area contributed by atoms with Crippen LogP contribution in [-0.2, 0) is 42.2 Å². The highest BCUT2D eigenvalue weighted by Gasteiger charge is 2.28. The number of phosphoric acid groups is 1. The average molecular weight is 999 g/mol. The fourth-order valence-corrected chi connectivity index (χ4v) is 7.39. The Bertz CT molecular complexity index is 1590. The molecule has 0 radical (unpaired) electrons. The van der Waals surface area contributed by atoms with Gasteiger partial charge in [0.1, 0.15) is 12.7 Å². The molecule has 3 unspecified atom stereocenters. The van der Waals surface area contributed by atoms with Crippen molar-refractivity contribution >= 4 is 25.7 Å². The number of unbranched alkanes of at least 4 members (excludes halogenated alkanes) is 13. The van der Waals surface area contributed by atoms with Crippen molar-refractivity contribution in [1.82, 2.24) is 0 Å². The van der Waals surface area contributed by atoms with Crippen molar-refractivity contribution in [3.05, 3.63) is 109 Å². The molecule has 2 N–H and O–H groups in total. The van der Waals surface area contributed by atoms with Crippen molar-refractivity contribution in [1.29, 1.82) is 0 Å². The number of ether oxygens (including phenoxy) is 3. The van der Waals surface area contributed by atoms with Gasteiger partial charge in [-0.3, -0.25) is 23.4 Å². The van der Waals surface area contributed by atoms with Crippen LogP contribution < -0.4 is 0 Å². The minimum Gasteiger partial charge on any atom is -0.462 e. The van der Waals surface area contributed by atoms with Crippen LogP contribution in [0, 0.1) is 0 Å². The van der Waals surface area contributed by atoms with Crippen LogP contribution >= 0.6 is 7.82 Å². The number of esters is 3. The number of carbonyl (C=O) groups is 3. The van der Waals surface area contributed by atoms with Crippen molar-refractivity contribution in [3.8, 4) is 0 Å². The van der Waals surface area contributed by atoms with Crippen LogP contribution in [0.5, 0.6) is 0 Å². The lowest BCUT2D eigenvalue weighted by atomic mass is 10.1. The van der Waals surface area contributed by atoms with E-state index < -0.39 is 57.8 Å². The molecule has 0 fully saturated rings. The number of aliphatic hydroxyl groups excluding tert-OH is 1. The molecule has 0 aliphatic heterocycles. The number of phosphoric ester groups is 1. The summed E-state index contributed by atoms with van der Waals surface area (Å²) in [6.45, 7) is 4.26. The highest BCUT2D eigenvalue weighted by atomic mass is 31.2. The fraction of sp³-hybridized carbons (Fsp3) is 0.638. The summed E-state index contributed by atoms with van der Waals surface area (Å²) in [5.74, 6) is -1.56. The third kappa shape index (κ3) is 49.1. The van der Waals surface area contributed by atoms with E-state index in [9.17, 15) is 28.9 Å². The summed E-state index contributed by atoms with van der Waals surface area (Å²) in [6.07, 6.45) is 60.6. The van der Waals surface area contributed by atoms with Crippen molar-refractivity contribution in [2.75, 3.05) is 26.4 Å². The van der Waals surface area contributed by atoms with Crippen LogP contribution in [0.3, 0.4) is 0 Å². The lowest BCUT2D eigenvalue weighted by Crippen LogP contribution is -2.30. The molecule has 0 aliphatic rings. The first-order chi connectivity index (χ1) is 34.2. The molecule has 0 aromatic rings. The zero-order chi connectivity index (χ0) is 51.3. The Hall–Kier alpha value is -3.86. The summed E-state index contributed by atoms with van der Waals surface area (Å²) in [5.41, 5.74) is 0. The van der Waals surface area contributed by atoms with E-state index in [1.165, 1.54) is 12.8 Å². The van der Waals surface area contributed by atoms with Gasteiger partial charge in [-0.25, -0.2) is 4.57 Å². The quantitative estimate of drug-likeness (QED) is 0.0197. The Labute approximate surface area is 425 Å². The molecular weight excluding hydrogens is 904 g/mol. The summed E-state index contributed by atoms with van der Waals surface area (Å²) in [7, 11) is -4.77. The molecule has 3 atom stereocenters. The lowest BCUT2D eigenvalue weighted by molar-refractivity contribution is -0.161. The van der Waals surface area contributed by atoms with E-state index in [0.29, 0.717) is 19.3 Å². The van der Waals surface area contributed by atoms with E-state index in [-0.39, 0.29) is 25.9 Å². The number of hydrogen-bond donors (Lipinski definition) is 2. The maximum absolute atomic E-state index is 12.9. The maximum atomic E-state index is 12.9. The zero-order valence-electron chi connectivity index (χ0n) is 43.7. The van der Waals surface area contributed by atoms with E-state index >= 15 is 0 Å².